The minimum atomic E-state index is -0.0618. The Labute approximate surface area is 154 Å². The van der Waals surface area contributed by atoms with Crippen LogP contribution in [0.15, 0.2) is 66.7 Å². The van der Waals surface area contributed by atoms with Gasteiger partial charge in [0.15, 0.2) is 5.75 Å². The largest absolute Gasteiger partial charge is 0.455 e. The van der Waals surface area contributed by atoms with Crippen molar-refractivity contribution in [3.8, 4) is 11.5 Å². The van der Waals surface area contributed by atoms with Gasteiger partial charge in [0.25, 0.3) is 0 Å². The van der Waals surface area contributed by atoms with Crippen LogP contribution in [0.25, 0.3) is 0 Å². The fraction of sp³-hybridized carbons (Fsp3) is 0.174. The molecule has 0 atom stereocenters. The van der Waals surface area contributed by atoms with Gasteiger partial charge in [-0.2, -0.15) is 0 Å². The van der Waals surface area contributed by atoms with Crippen LogP contribution in [0.2, 0.25) is 0 Å². The molecule has 0 heterocycles. The fourth-order valence-corrected chi connectivity index (χ4v) is 2.69. The summed E-state index contributed by atoms with van der Waals surface area (Å²) in [7, 11) is 0. The van der Waals surface area contributed by atoms with E-state index in [4.69, 9.17) is 4.74 Å². The Morgan fingerprint density at radius 1 is 0.885 bits per heavy atom. The lowest BCUT2D eigenvalue weighted by Gasteiger charge is -2.13. The number of carbonyl (C=O) groups is 1. The summed E-state index contributed by atoms with van der Waals surface area (Å²) in [6.07, 6.45) is 0.333. The van der Waals surface area contributed by atoms with Gasteiger partial charge < -0.3 is 10.1 Å². The number of hydrogen-bond donors (Lipinski definition) is 1. The van der Waals surface area contributed by atoms with E-state index in [1.54, 1.807) is 0 Å². The highest BCUT2D eigenvalue weighted by Crippen LogP contribution is 2.29. The number of ether oxygens (including phenoxy) is 1. The van der Waals surface area contributed by atoms with Crippen molar-refractivity contribution in [2.24, 2.45) is 0 Å². The molecule has 0 bridgehead atoms. The molecule has 1 N–H and O–H groups in total. The molecule has 0 radical (unpaired) electrons. The minimum Gasteiger partial charge on any atom is -0.455 e. The van der Waals surface area contributed by atoms with Crippen LogP contribution in [-0.4, -0.2) is 5.91 Å². The normalized spacial score (nSPS) is 10.4. The van der Waals surface area contributed by atoms with Crippen molar-refractivity contribution < 1.29 is 9.53 Å². The monoisotopic (exact) mass is 345 g/mol. The second-order valence-electron chi connectivity index (χ2n) is 6.55. The highest BCUT2D eigenvalue weighted by atomic mass is 16.5. The fourth-order valence-electron chi connectivity index (χ4n) is 2.69. The zero-order chi connectivity index (χ0) is 18.5. The average Bonchev–Trinajstić information content (AvgIpc) is 2.62. The van der Waals surface area contributed by atoms with Gasteiger partial charge in [-0.05, 0) is 61.7 Å². The van der Waals surface area contributed by atoms with E-state index in [1.807, 2.05) is 67.6 Å². The molecule has 0 aliphatic rings. The van der Waals surface area contributed by atoms with Crippen molar-refractivity contribution in [2.45, 2.75) is 27.2 Å². The van der Waals surface area contributed by atoms with E-state index in [0.717, 1.165) is 11.3 Å². The summed E-state index contributed by atoms with van der Waals surface area (Å²) in [5.41, 5.74) is 5.26. The topological polar surface area (TPSA) is 38.3 Å². The molecule has 0 aliphatic carbocycles. The van der Waals surface area contributed by atoms with Crippen molar-refractivity contribution in [3.05, 3.63) is 89.0 Å². The summed E-state index contributed by atoms with van der Waals surface area (Å²) >= 11 is 0. The lowest BCUT2D eigenvalue weighted by molar-refractivity contribution is -0.115. The van der Waals surface area contributed by atoms with E-state index in [-0.39, 0.29) is 5.91 Å². The Morgan fingerprint density at radius 2 is 1.62 bits per heavy atom. The quantitative estimate of drug-likeness (QED) is 0.655. The first-order valence-corrected chi connectivity index (χ1v) is 8.71. The Bertz CT molecular complexity index is 914. The number of para-hydroxylation sites is 2. The predicted molar refractivity (Wildman–Crippen MR) is 106 cm³/mol. The number of carbonyl (C=O) groups excluding carboxylic acids is 1. The summed E-state index contributed by atoms with van der Waals surface area (Å²) in [5, 5.41) is 2.96. The molecule has 0 saturated carbocycles. The molecule has 3 aromatic rings. The number of nitrogens with one attached hydrogen (secondary N) is 1. The third kappa shape index (κ3) is 4.51. The molecule has 1 amide bonds. The van der Waals surface area contributed by atoms with Crippen LogP contribution in [0.5, 0.6) is 11.5 Å². The van der Waals surface area contributed by atoms with Crippen molar-refractivity contribution in [1.82, 2.24) is 0 Å². The first-order valence-electron chi connectivity index (χ1n) is 8.71. The first-order chi connectivity index (χ1) is 12.5. The molecule has 0 spiro atoms. The maximum Gasteiger partial charge on any atom is 0.228 e. The van der Waals surface area contributed by atoms with E-state index >= 15 is 0 Å². The van der Waals surface area contributed by atoms with E-state index in [0.29, 0.717) is 17.9 Å². The van der Waals surface area contributed by atoms with E-state index in [9.17, 15) is 4.79 Å². The third-order valence-electron chi connectivity index (χ3n) is 4.35. The van der Waals surface area contributed by atoms with Gasteiger partial charge in [-0.3, -0.25) is 4.79 Å². The number of hydrogen-bond acceptors (Lipinski definition) is 2. The Hall–Kier alpha value is -3.07. The second-order valence-corrected chi connectivity index (χ2v) is 6.55. The van der Waals surface area contributed by atoms with Gasteiger partial charge in [0, 0.05) is 0 Å². The summed E-state index contributed by atoms with van der Waals surface area (Å²) in [6.45, 7) is 6.16. The molecule has 3 aromatic carbocycles. The van der Waals surface area contributed by atoms with Gasteiger partial charge in [-0.15, -0.1) is 0 Å². The SMILES string of the molecule is Cc1ccc(Oc2ccccc2NC(=O)Cc2ccc(C)c(C)c2)cc1. The van der Waals surface area contributed by atoms with Crippen LogP contribution in [0, 0.1) is 20.8 Å². The molecule has 0 fully saturated rings. The lowest BCUT2D eigenvalue weighted by atomic mass is 10.0. The van der Waals surface area contributed by atoms with Crippen molar-refractivity contribution in [1.29, 1.82) is 0 Å². The van der Waals surface area contributed by atoms with Gasteiger partial charge in [0.05, 0.1) is 12.1 Å². The standard InChI is InChI=1S/C23H23NO2/c1-16-8-12-20(13-9-16)26-22-7-5-4-6-21(22)24-23(25)15-19-11-10-17(2)18(3)14-19/h4-14H,15H2,1-3H3,(H,24,25). The number of benzene rings is 3. The van der Waals surface area contributed by atoms with Gasteiger partial charge in [-0.25, -0.2) is 0 Å². The van der Waals surface area contributed by atoms with Crippen molar-refractivity contribution >= 4 is 11.6 Å². The second kappa shape index (κ2) is 7.87. The van der Waals surface area contributed by atoms with Crippen LogP contribution in [0.4, 0.5) is 5.69 Å². The van der Waals surface area contributed by atoms with Crippen LogP contribution >= 0.6 is 0 Å². The predicted octanol–water partition coefficient (Wildman–Crippen LogP) is 5.59. The van der Waals surface area contributed by atoms with Crippen molar-refractivity contribution in [3.63, 3.8) is 0 Å². The van der Waals surface area contributed by atoms with E-state index < -0.39 is 0 Å². The zero-order valence-corrected chi connectivity index (χ0v) is 15.4. The van der Waals surface area contributed by atoms with Crippen LogP contribution < -0.4 is 10.1 Å². The summed E-state index contributed by atoms with van der Waals surface area (Å²) < 4.78 is 5.94. The molecule has 0 unspecified atom stereocenters. The number of amides is 1. The summed E-state index contributed by atoms with van der Waals surface area (Å²) in [5.74, 6) is 1.31. The van der Waals surface area contributed by atoms with E-state index in [1.165, 1.54) is 16.7 Å². The molecule has 132 valence electrons. The molecular weight excluding hydrogens is 322 g/mol. The highest BCUT2D eigenvalue weighted by molar-refractivity contribution is 5.93. The molecule has 0 saturated heterocycles. The summed E-state index contributed by atoms with van der Waals surface area (Å²) in [4.78, 5) is 12.5. The number of aryl methyl sites for hydroxylation is 3. The molecule has 0 aromatic heterocycles. The maximum absolute atomic E-state index is 12.5. The molecule has 3 rings (SSSR count). The smallest absolute Gasteiger partial charge is 0.228 e. The molecule has 3 nitrogen and oxygen atoms in total. The number of rotatable bonds is 5. The van der Waals surface area contributed by atoms with E-state index in [2.05, 4.69) is 25.2 Å². The molecule has 3 heteroatoms. The van der Waals surface area contributed by atoms with Gasteiger partial charge in [-0.1, -0.05) is 48.0 Å². The Morgan fingerprint density at radius 3 is 2.35 bits per heavy atom. The molecular formula is C23H23NO2. The average molecular weight is 345 g/mol. The van der Waals surface area contributed by atoms with Gasteiger partial charge >= 0.3 is 0 Å². The van der Waals surface area contributed by atoms with Gasteiger partial charge in [0.1, 0.15) is 5.75 Å². The van der Waals surface area contributed by atoms with Crippen LogP contribution in [0.3, 0.4) is 0 Å². The maximum atomic E-state index is 12.5. The molecule has 26 heavy (non-hydrogen) atoms. The Kier molecular flexibility index (Phi) is 5.37. The molecule has 0 aliphatic heterocycles. The van der Waals surface area contributed by atoms with Crippen LogP contribution in [-0.2, 0) is 11.2 Å². The van der Waals surface area contributed by atoms with Gasteiger partial charge in [0.2, 0.25) is 5.91 Å². The third-order valence-corrected chi connectivity index (χ3v) is 4.35. The Balaban J connectivity index is 1.72. The zero-order valence-electron chi connectivity index (χ0n) is 15.4. The van der Waals surface area contributed by atoms with Crippen molar-refractivity contribution in [2.75, 3.05) is 5.32 Å². The van der Waals surface area contributed by atoms with Crippen LogP contribution in [0.1, 0.15) is 22.3 Å². The minimum absolute atomic E-state index is 0.0618. The summed E-state index contributed by atoms with van der Waals surface area (Å²) in [6, 6.07) is 21.4. The first kappa shape index (κ1) is 17.7. The number of anilines is 1. The highest BCUT2D eigenvalue weighted by Gasteiger charge is 2.10. The lowest BCUT2D eigenvalue weighted by Crippen LogP contribution is -2.15.